The molecule has 0 heterocycles. The smallest absolute Gasteiger partial charge is 0.347 e. The third kappa shape index (κ3) is 6.89. The molecular formula is C12H14NO5+. The average Bonchev–Trinajstić information content (AvgIpc) is 2.32. The average molecular weight is 252 g/mol. The number of allylic oxidation sites excluding steroid dienone is 1. The van der Waals surface area contributed by atoms with Gasteiger partial charge in [0.2, 0.25) is 6.79 Å². The van der Waals surface area contributed by atoms with Crippen molar-refractivity contribution in [2.24, 2.45) is 0 Å². The first-order valence-corrected chi connectivity index (χ1v) is 4.84. The van der Waals surface area contributed by atoms with E-state index in [2.05, 4.69) is 22.8 Å². The maximum Gasteiger partial charge on any atom is 0.347 e. The van der Waals surface area contributed by atoms with Gasteiger partial charge in [0.1, 0.15) is 25.6 Å². The Morgan fingerprint density at radius 2 is 2.00 bits per heavy atom. The Morgan fingerprint density at radius 1 is 1.33 bits per heavy atom. The molecule has 18 heavy (non-hydrogen) atoms. The number of aldehydes is 1. The van der Waals surface area contributed by atoms with E-state index in [1.165, 1.54) is 16.9 Å². The van der Waals surface area contributed by atoms with Crippen molar-refractivity contribution >= 4 is 24.9 Å². The lowest BCUT2D eigenvalue weighted by Gasteiger charge is -2.03. The van der Waals surface area contributed by atoms with Crippen LogP contribution in [-0.4, -0.2) is 43.4 Å². The SMILES string of the molecule is C=C/C(=C\[N+](=C)C)C(=O)OCOC(=O)/C=C/C=O. The molecule has 0 aliphatic rings. The van der Waals surface area contributed by atoms with Crippen molar-refractivity contribution in [2.45, 2.75) is 0 Å². The van der Waals surface area contributed by atoms with Crippen LogP contribution in [0, 0.1) is 0 Å². The van der Waals surface area contributed by atoms with Crippen LogP contribution >= 0.6 is 0 Å². The molecule has 0 N–H and O–H groups in total. The van der Waals surface area contributed by atoms with Crippen molar-refractivity contribution in [3.8, 4) is 0 Å². The van der Waals surface area contributed by atoms with Gasteiger partial charge in [0.15, 0.2) is 6.20 Å². The predicted octanol–water partition coefficient (Wildman–Crippen LogP) is 0.198. The lowest BCUT2D eigenvalue weighted by Crippen LogP contribution is -2.13. The fourth-order valence-corrected chi connectivity index (χ4v) is 0.817. The summed E-state index contributed by atoms with van der Waals surface area (Å²) < 4.78 is 10.5. The van der Waals surface area contributed by atoms with Gasteiger partial charge in [-0.2, -0.15) is 0 Å². The maximum atomic E-state index is 11.4. The molecule has 0 fully saturated rings. The van der Waals surface area contributed by atoms with Gasteiger partial charge < -0.3 is 9.47 Å². The van der Waals surface area contributed by atoms with Crippen molar-refractivity contribution in [1.29, 1.82) is 0 Å². The summed E-state index contributed by atoms with van der Waals surface area (Å²) in [5, 5.41) is 0. The minimum absolute atomic E-state index is 0.173. The molecule has 0 rings (SSSR count). The molecule has 0 bridgehead atoms. The number of ether oxygens (including phenoxy) is 2. The van der Waals surface area contributed by atoms with E-state index in [9.17, 15) is 14.4 Å². The van der Waals surface area contributed by atoms with Gasteiger partial charge in [-0.05, 0) is 12.2 Å². The highest BCUT2D eigenvalue weighted by atomic mass is 16.7. The lowest BCUT2D eigenvalue weighted by molar-refractivity contribution is -0.412. The van der Waals surface area contributed by atoms with Crippen LogP contribution in [0.4, 0.5) is 0 Å². The Bertz CT molecular complexity index is 420. The van der Waals surface area contributed by atoms with Gasteiger partial charge in [0.25, 0.3) is 0 Å². The number of esters is 2. The van der Waals surface area contributed by atoms with E-state index < -0.39 is 18.7 Å². The fraction of sp³-hybridized carbons (Fsp3) is 0.167. The van der Waals surface area contributed by atoms with Gasteiger partial charge in [-0.3, -0.25) is 4.79 Å². The Hall–Kier alpha value is -2.50. The first-order valence-electron chi connectivity index (χ1n) is 4.84. The van der Waals surface area contributed by atoms with Crippen LogP contribution in [0.2, 0.25) is 0 Å². The molecule has 0 radical (unpaired) electrons. The van der Waals surface area contributed by atoms with Gasteiger partial charge in [0, 0.05) is 6.08 Å². The van der Waals surface area contributed by atoms with Crippen molar-refractivity contribution in [1.82, 2.24) is 0 Å². The van der Waals surface area contributed by atoms with Crippen molar-refractivity contribution in [3.63, 3.8) is 0 Å². The molecule has 0 aromatic heterocycles. The first kappa shape index (κ1) is 15.5. The number of nitrogens with zero attached hydrogens (tertiary/aromatic N) is 1. The summed E-state index contributed by atoms with van der Waals surface area (Å²) in [4.78, 5) is 32.2. The molecular weight excluding hydrogens is 238 g/mol. The molecule has 6 heteroatoms. The van der Waals surface area contributed by atoms with E-state index in [1.54, 1.807) is 7.05 Å². The van der Waals surface area contributed by atoms with Gasteiger partial charge >= 0.3 is 11.9 Å². The predicted molar refractivity (Wildman–Crippen MR) is 63.8 cm³/mol. The van der Waals surface area contributed by atoms with Crippen LogP contribution in [0.15, 0.2) is 36.6 Å². The zero-order chi connectivity index (χ0) is 14.0. The second-order valence-corrected chi connectivity index (χ2v) is 3.05. The lowest BCUT2D eigenvalue weighted by atomic mass is 10.3. The topological polar surface area (TPSA) is 72.7 Å². The molecule has 0 saturated heterocycles. The number of carbonyl (C=O) groups is 3. The molecule has 0 amide bonds. The van der Waals surface area contributed by atoms with Crippen LogP contribution in [0.1, 0.15) is 0 Å². The third-order valence-electron chi connectivity index (χ3n) is 1.52. The summed E-state index contributed by atoms with van der Waals surface area (Å²) in [5.74, 6) is -1.49. The van der Waals surface area contributed by atoms with E-state index in [0.29, 0.717) is 6.29 Å². The highest BCUT2D eigenvalue weighted by molar-refractivity contribution is 5.91. The number of rotatable bonds is 7. The molecule has 0 aliphatic heterocycles. The first-order chi connectivity index (χ1) is 8.51. The van der Waals surface area contributed by atoms with Gasteiger partial charge in [-0.1, -0.05) is 6.58 Å². The van der Waals surface area contributed by atoms with Gasteiger partial charge in [0.05, 0.1) is 0 Å². The van der Waals surface area contributed by atoms with Crippen molar-refractivity contribution in [2.75, 3.05) is 13.8 Å². The monoisotopic (exact) mass is 252 g/mol. The minimum atomic E-state index is -0.784. The standard InChI is InChI=1S/C12H14NO5/c1-4-10(8-13(2)3)12(16)18-9-17-11(15)6-5-7-14/h4-8H,1-2,9H2,3H3/q+1/b6-5+,10-8+. The Balaban J connectivity index is 4.22. The second kappa shape index (κ2) is 8.63. The van der Waals surface area contributed by atoms with E-state index in [4.69, 9.17) is 0 Å². The number of hydrogen-bond donors (Lipinski definition) is 0. The van der Waals surface area contributed by atoms with Crippen LogP contribution in [0.5, 0.6) is 0 Å². The van der Waals surface area contributed by atoms with Crippen LogP contribution in [-0.2, 0) is 23.9 Å². The maximum absolute atomic E-state index is 11.4. The van der Waals surface area contributed by atoms with Crippen LogP contribution in [0.3, 0.4) is 0 Å². The molecule has 0 atom stereocenters. The summed E-state index contributed by atoms with van der Waals surface area (Å²) >= 11 is 0. The van der Waals surface area contributed by atoms with Gasteiger partial charge in [-0.15, -0.1) is 0 Å². The summed E-state index contributed by atoms with van der Waals surface area (Å²) in [5.41, 5.74) is 0.173. The minimum Gasteiger partial charge on any atom is -0.425 e. The molecule has 0 spiro atoms. The van der Waals surface area contributed by atoms with E-state index in [0.717, 1.165) is 12.2 Å². The zero-order valence-corrected chi connectivity index (χ0v) is 10.00. The zero-order valence-electron chi connectivity index (χ0n) is 10.00. The molecule has 0 unspecified atom stereocenters. The van der Waals surface area contributed by atoms with E-state index >= 15 is 0 Å². The summed E-state index contributed by atoms with van der Waals surface area (Å²) in [7, 11) is 1.63. The van der Waals surface area contributed by atoms with Crippen molar-refractivity contribution < 1.29 is 28.4 Å². The third-order valence-corrected chi connectivity index (χ3v) is 1.52. The normalized spacial score (nSPS) is 10.8. The van der Waals surface area contributed by atoms with Crippen LogP contribution in [0.25, 0.3) is 0 Å². The largest absolute Gasteiger partial charge is 0.425 e. The fourth-order valence-electron chi connectivity index (χ4n) is 0.817. The highest BCUT2D eigenvalue weighted by Gasteiger charge is 2.11. The molecule has 0 aliphatic carbocycles. The molecule has 0 aromatic rings. The Labute approximate surface area is 105 Å². The molecule has 6 nitrogen and oxygen atoms in total. The van der Waals surface area contributed by atoms with E-state index in [1.807, 2.05) is 0 Å². The number of hydrogen-bond acceptors (Lipinski definition) is 5. The molecule has 0 aromatic carbocycles. The Morgan fingerprint density at radius 3 is 2.50 bits per heavy atom. The molecule has 96 valence electrons. The highest BCUT2D eigenvalue weighted by Crippen LogP contribution is 1.99. The van der Waals surface area contributed by atoms with Gasteiger partial charge in [-0.25, -0.2) is 14.2 Å². The van der Waals surface area contributed by atoms with Crippen LogP contribution < -0.4 is 0 Å². The summed E-state index contributed by atoms with van der Waals surface area (Å²) in [6.45, 7) is 6.41. The molecule has 0 saturated carbocycles. The summed E-state index contributed by atoms with van der Waals surface area (Å²) in [6.07, 6.45) is 5.00. The number of carbonyl (C=O) groups excluding carboxylic acids is 3. The van der Waals surface area contributed by atoms with Crippen molar-refractivity contribution in [3.05, 3.63) is 36.6 Å². The van der Waals surface area contributed by atoms with E-state index in [-0.39, 0.29) is 5.57 Å². The Kier molecular flexibility index (Phi) is 7.43. The summed E-state index contributed by atoms with van der Waals surface area (Å²) in [6, 6.07) is 0. The second-order valence-electron chi connectivity index (χ2n) is 3.05. The quantitative estimate of drug-likeness (QED) is 0.123.